The molecule has 3 rings (SSSR count). The van der Waals surface area contributed by atoms with Gasteiger partial charge in [-0.3, -0.25) is 4.68 Å². The molecule has 25 heavy (non-hydrogen) atoms. The maximum absolute atomic E-state index is 11.8. The van der Waals surface area contributed by atoms with Gasteiger partial charge in [-0.05, 0) is 47.3 Å². The highest BCUT2D eigenvalue weighted by molar-refractivity contribution is 5.88. The number of fused-ring (bicyclic) bond motifs is 1. The Morgan fingerprint density at radius 2 is 1.84 bits per heavy atom. The van der Waals surface area contributed by atoms with Crippen molar-refractivity contribution in [3.05, 3.63) is 52.8 Å². The minimum atomic E-state index is -0.318. The molecular weight excluding hydrogens is 312 g/mol. The molecule has 1 aliphatic rings. The molecule has 1 aliphatic carbocycles. The lowest BCUT2D eigenvalue weighted by Crippen LogP contribution is -2.33. The zero-order valence-electron chi connectivity index (χ0n) is 15.9. The Labute approximate surface area is 150 Å². The largest absolute Gasteiger partial charge is 0.462 e. The summed E-state index contributed by atoms with van der Waals surface area (Å²) in [4.78, 5) is 11.8. The number of hydrogen-bond acceptors (Lipinski definition) is 3. The van der Waals surface area contributed by atoms with Gasteiger partial charge < -0.3 is 4.74 Å². The molecule has 0 spiro atoms. The van der Waals surface area contributed by atoms with Gasteiger partial charge in [-0.2, -0.15) is 5.10 Å². The van der Waals surface area contributed by atoms with E-state index in [4.69, 9.17) is 4.74 Å². The predicted molar refractivity (Wildman–Crippen MR) is 99.0 cm³/mol. The third-order valence-electron chi connectivity index (χ3n) is 5.41. The number of nitrogens with zero attached hydrogens (tertiary/aromatic N) is 2. The summed E-state index contributed by atoms with van der Waals surface area (Å²) in [7, 11) is 0. The monoisotopic (exact) mass is 340 g/mol. The predicted octanol–water partition coefficient (Wildman–Crippen LogP) is 4.46. The van der Waals surface area contributed by atoms with Crippen molar-refractivity contribution in [3.8, 4) is 0 Å². The summed E-state index contributed by atoms with van der Waals surface area (Å²) >= 11 is 0. The second kappa shape index (κ2) is 6.32. The zero-order valence-corrected chi connectivity index (χ0v) is 15.9. The topological polar surface area (TPSA) is 44.1 Å². The van der Waals surface area contributed by atoms with Crippen LogP contribution in [-0.2, 0) is 22.1 Å². The summed E-state index contributed by atoms with van der Waals surface area (Å²) in [5, 5.41) is 4.31. The number of benzene rings is 1. The number of ether oxygens (including phenoxy) is 1. The van der Waals surface area contributed by atoms with E-state index < -0.39 is 0 Å². The minimum Gasteiger partial charge on any atom is -0.462 e. The number of hydrogen-bond donors (Lipinski definition) is 0. The Morgan fingerprint density at radius 3 is 2.52 bits per heavy atom. The normalized spacial score (nSPS) is 17.8. The van der Waals surface area contributed by atoms with Gasteiger partial charge >= 0.3 is 5.97 Å². The highest BCUT2D eigenvalue weighted by Crippen LogP contribution is 2.45. The number of esters is 1. The quantitative estimate of drug-likeness (QED) is 0.772. The third kappa shape index (κ3) is 3.48. The van der Waals surface area contributed by atoms with Crippen molar-refractivity contribution >= 4 is 5.97 Å². The van der Waals surface area contributed by atoms with Crippen LogP contribution in [0.1, 0.15) is 74.5 Å². The van der Waals surface area contributed by atoms with Crippen LogP contribution in [0.15, 0.2) is 30.6 Å². The van der Waals surface area contributed by atoms with Gasteiger partial charge in [-0.15, -0.1) is 0 Å². The first kappa shape index (κ1) is 17.7. The SMILES string of the molecule is CCOC(=O)c1cnn(Cc2ccc3c(c2)C(C)(C)CCC3(C)C)c1. The van der Waals surface area contributed by atoms with E-state index in [0.29, 0.717) is 18.7 Å². The summed E-state index contributed by atoms with van der Waals surface area (Å²) in [5.74, 6) is -0.318. The zero-order chi connectivity index (χ0) is 18.2. The summed E-state index contributed by atoms with van der Waals surface area (Å²) in [6, 6.07) is 6.79. The van der Waals surface area contributed by atoms with Crippen molar-refractivity contribution in [3.63, 3.8) is 0 Å². The first-order valence-corrected chi connectivity index (χ1v) is 9.06. The van der Waals surface area contributed by atoms with Crippen molar-refractivity contribution in [1.29, 1.82) is 0 Å². The van der Waals surface area contributed by atoms with Crippen LogP contribution in [0.3, 0.4) is 0 Å². The molecule has 4 nitrogen and oxygen atoms in total. The number of rotatable bonds is 4. The van der Waals surface area contributed by atoms with Crippen LogP contribution in [0.25, 0.3) is 0 Å². The molecule has 0 aliphatic heterocycles. The molecule has 0 saturated carbocycles. The molecule has 0 saturated heterocycles. The minimum absolute atomic E-state index is 0.196. The van der Waals surface area contributed by atoms with E-state index in [-0.39, 0.29) is 16.8 Å². The lowest BCUT2D eigenvalue weighted by atomic mass is 9.63. The van der Waals surface area contributed by atoms with Gasteiger partial charge in [0.25, 0.3) is 0 Å². The fourth-order valence-corrected chi connectivity index (χ4v) is 3.69. The highest BCUT2D eigenvalue weighted by atomic mass is 16.5. The maximum Gasteiger partial charge on any atom is 0.341 e. The van der Waals surface area contributed by atoms with Crippen LogP contribution in [0.5, 0.6) is 0 Å². The molecule has 0 bridgehead atoms. The van der Waals surface area contributed by atoms with Crippen molar-refractivity contribution in [2.75, 3.05) is 6.61 Å². The van der Waals surface area contributed by atoms with Gasteiger partial charge in [-0.25, -0.2) is 4.79 Å². The molecule has 0 atom stereocenters. The molecule has 0 N–H and O–H groups in total. The van der Waals surface area contributed by atoms with E-state index in [1.54, 1.807) is 24.0 Å². The molecule has 134 valence electrons. The van der Waals surface area contributed by atoms with Gasteiger partial charge in [0.15, 0.2) is 0 Å². The Balaban J connectivity index is 1.87. The second-order valence-corrected chi connectivity index (χ2v) is 8.29. The Hall–Kier alpha value is -2.10. The lowest BCUT2D eigenvalue weighted by Gasteiger charge is -2.42. The van der Waals surface area contributed by atoms with E-state index in [2.05, 4.69) is 51.0 Å². The third-order valence-corrected chi connectivity index (χ3v) is 5.41. The van der Waals surface area contributed by atoms with E-state index in [9.17, 15) is 4.79 Å². The average molecular weight is 340 g/mol. The van der Waals surface area contributed by atoms with E-state index in [1.165, 1.54) is 29.5 Å². The van der Waals surface area contributed by atoms with Crippen molar-refractivity contribution < 1.29 is 9.53 Å². The standard InChI is InChI=1S/C21H28N2O2/c1-6-25-19(24)16-12-22-23(14-16)13-15-7-8-17-18(11-15)21(4,5)10-9-20(17,2)3/h7-8,11-12,14H,6,9-10,13H2,1-5H3. The van der Waals surface area contributed by atoms with Gasteiger partial charge in [0.05, 0.1) is 24.9 Å². The average Bonchev–Trinajstić information content (AvgIpc) is 3.01. The molecule has 0 fully saturated rings. The van der Waals surface area contributed by atoms with Crippen molar-refractivity contribution in [2.24, 2.45) is 0 Å². The molecule has 2 aromatic rings. The smallest absolute Gasteiger partial charge is 0.341 e. The second-order valence-electron chi connectivity index (χ2n) is 8.29. The van der Waals surface area contributed by atoms with Crippen LogP contribution in [0.2, 0.25) is 0 Å². The maximum atomic E-state index is 11.8. The molecule has 0 unspecified atom stereocenters. The molecule has 1 aromatic carbocycles. The van der Waals surface area contributed by atoms with Crippen LogP contribution < -0.4 is 0 Å². The van der Waals surface area contributed by atoms with Gasteiger partial charge in [0, 0.05) is 6.20 Å². The Kier molecular flexibility index (Phi) is 4.48. The Morgan fingerprint density at radius 1 is 1.16 bits per heavy atom. The van der Waals surface area contributed by atoms with Gasteiger partial charge in [-0.1, -0.05) is 45.9 Å². The fraction of sp³-hybridized carbons (Fsp3) is 0.524. The van der Waals surface area contributed by atoms with Crippen molar-refractivity contribution in [2.45, 2.75) is 64.8 Å². The van der Waals surface area contributed by atoms with Crippen LogP contribution in [0, 0.1) is 0 Å². The lowest BCUT2D eigenvalue weighted by molar-refractivity contribution is 0.0526. The molecular formula is C21H28N2O2. The summed E-state index contributed by atoms with van der Waals surface area (Å²) in [6.45, 7) is 12.2. The van der Waals surface area contributed by atoms with E-state index >= 15 is 0 Å². The van der Waals surface area contributed by atoms with Gasteiger partial charge in [0.1, 0.15) is 0 Å². The summed E-state index contributed by atoms with van der Waals surface area (Å²) in [5.41, 5.74) is 5.04. The Bertz CT molecular complexity index is 787. The van der Waals surface area contributed by atoms with Crippen LogP contribution in [0.4, 0.5) is 0 Å². The van der Waals surface area contributed by atoms with Crippen LogP contribution in [-0.4, -0.2) is 22.4 Å². The van der Waals surface area contributed by atoms with Crippen molar-refractivity contribution in [1.82, 2.24) is 9.78 Å². The summed E-state index contributed by atoms with van der Waals surface area (Å²) < 4.78 is 6.82. The molecule has 0 amide bonds. The number of aromatic nitrogens is 2. The molecule has 1 aromatic heterocycles. The fourth-order valence-electron chi connectivity index (χ4n) is 3.69. The number of carbonyl (C=O) groups excluding carboxylic acids is 1. The van der Waals surface area contributed by atoms with E-state index in [1.807, 2.05) is 0 Å². The molecule has 4 heteroatoms. The van der Waals surface area contributed by atoms with Crippen LogP contribution >= 0.6 is 0 Å². The van der Waals surface area contributed by atoms with Gasteiger partial charge in [0.2, 0.25) is 0 Å². The first-order chi connectivity index (χ1) is 11.7. The first-order valence-electron chi connectivity index (χ1n) is 9.06. The summed E-state index contributed by atoms with van der Waals surface area (Å²) in [6.07, 6.45) is 5.75. The van der Waals surface area contributed by atoms with E-state index in [0.717, 1.165) is 0 Å². The molecule has 0 radical (unpaired) electrons. The number of carbonyl (C=O) groups is 1. The highest BCUT2D eigenvalue weighted by Gasteiger charge is 2.36. The molecule has 1 heterocycles.